The van der Waals surface area contributed by atoms with Crippen LogP contribution in [0.5, 0.6) is 17.2 Å². The molecule has 126 valence electrons. The Morgan fingerprint density at radius 2 is 1.75 bits per heavy atom. The van der Waals surface area contributed by atoms with Gasteiger partial charge in [-0.3, -0.25) is 4.79 Å². The molecule has 0 aliphatic rings. The number of ketones is 1. The van der Waals surface area contributed by atoms with Crippen LogP contribution in [-0.4, -0.2) is 32.2 Å². The van der Waals surface area contributed by atoms with Crippen LogP contribution >= 0.6 is 0 Å². The van der Waals surface area contributed by atoms with Crippen LogP contribution < -0.4 is 9.47 Å². The Labute approximate surface area is 141 Å². The number of allylic oxidation sites excluding steroid dienone is 1. The maximum Gasteiger partial charge on any atom is 0.185 e. The van der Waals surface area contributed by atoms with E-state index in [4.69, 9.17) is 14.2 Å². The number of carbonyl (C=O) groups is 1. The Kier molecular flexibility index (Phi) is 5.98. The smallest absolute Gasteiger partial charge is 0.185 e. The van der Waals surface area contributed by atoms with E-state index < -0.39 is 0 Å². The standard InChI is InChI=1S/C19H20O5/c1-22-12-15-11-14(6-9-18(15)23-2)16(20)7-4-13-5-8-19(24-3)17(21)10-13/h4-11,21H,12H2,1-3H3/b7-4+. The van der Waals surface area contributed by atoms with Crippen LogP contribution in [-0.2, 0) is 11.3 Å². The van der Waals surface area contributed by atoms with E-state index >= 15 is 0 Å². The number of hydrogen-bond donors (Lipinski definition) is 1. The summed E-state index contributed by atoms with van der Waals surface area (Å²) in [6.07, 6.45) is 3.10. The fourth-order valence-corrected chi connectivity index (χ4v) is 2.28. The average molecular weight is 328 g/mol. The molecule has 0 saturated heterocycles. The normalized spacial score (nSPS) is 10.8. The third-order valence-corrected chi connectivity index (χ3v) is 3.49. The van der Waals surface area contributed by atoms with Gasteiger partial charge in [0.2, 0.25) is 0 Å². The summed E-state index contributed by atoms with van der Waals surface area (Å²) in [7, 11) is 4.64. The Morgan fingerprint density at radius 3 is 2.38 bits per heavy atom. The van der Waals surface area contributed by atoms with Crippen LogP contribution in [0.15, 0.2) is 42.5 Å². The monoisotopic (exact) mass is 328 g/mol. The number of benzene rings is 2. The maximum atomic E-state index is 12.3. The first-order valence-corrected chi connectivity index (χ1v) is 7.34. The SMILES string of the molecule is COCc1cc(C(=O)/C=C/c2ccc(OC)c(O)c2)ccc1OC. The molecule has 2 aromatic carbocycles. The van der Waals surface area contributed by atoms with Crippen molar-refractivity contribution in [1.82, 2.24) is 0 Å². The zero-order valence-corrected chi connectivity index (χ0v) is 13.9. The largest absolute Gasteiger partial charge is 0.504 e. The molecule has 0 amide bonds. The molecule has 0 heterocycles. The van der Waals surface area contributed by atoms with Crippen LogP contribution in [0.1, 0.15) is 21.5 Å². The summed E-state index contributed by atoms with van der Waals surface area (Å²) in [6, 6.07) is 10.1. The van der Waals surface area contributed by atoms with Gasteiger partial charge in [-0.2, -0.15) is 0 Å². The van der Waals surface area contributed by atoms with E-state index in [1.54, 1.807) is 50.6 Å². The van der Waals surface area contributed by atoms with E-state index in [1.807, 2.05) is 0 Å². The van der Waals surface area contributed by atoms with E-state index in [0.717, 1.165) is 5.56 Å². The Balaban J connectivity index is 2.19. The van der Waals surface area contributed by atoms with Gasteiger partial charge < -0.3 is 19.3 Å². The minimum Gasteiger partial charge on any atom is -0.504 e. The molecule has 0 bridgehead atoms. The van der Waals surface area contributed by atoms with Crippen molar-refractivity contribution in [1.29, 1.82) is 0 Å². The van der Waals surface area contributed by atoms with Gasteiger partial charge in [0, 0.05) is 18.2 Å². The highest BCUT2D eigenvalue weighted by molar-refractivity contribution is 6.07. The number of rotatable bonds is 7. The number of carbonyl (C=O) groups excluding carboxylic acids is 1. The fraction of sp³-hybridized carbons (Fsp3) is 0.211. The first-order valence-electron chi connectivity index (χ1n) is 7.34. The molecule has 0 saturated carbocycles. The fourth-order valence-electron chi connectivity index (χ4n) is 2.28. The first kappa shape index (κ1) is 17.6. The minimum atomic E-state index is -0.148. The summed E-state index contributed by atoms with van der Waals surface area (Å²) >= 11 is 0. The second-order valence-electron chi connectivity index (χ2n) is 5.09. The minimum absolute atomic E-state index is 0.0268. The number of phenols is 1. The molecule has 0 unspecified atom stereocenters. The summed E-state index contributed by atoms with van der Waals surface area (Å²) in [5.74, 6) is 0.944. The number of methoxy groups -OCH3 is 3. The van der Waals surface area contributed by atoms with Gasteiger partial charge in [-0.05, 0) is 42.0 Å². The van der Waals surface area contributed by atoms with Crippen molar-refractivity contribution >= 4 is 11.9 Å². The van der Waals surface area contributed by atoms with Crippen LogP contribution in [0, 0.1) is 0 Å². The lowest BCUT2D eigenvalue weighted by Crippen LogP contribution is -1.99. The summed E-state index contributed by atoms with van der Waals surface area (Å²) in [4.78, 5) is 12.3. The Hall–Kier alpha value is -2.79. The molecule has 5 heteroatoms. The van der Waals surface area contributed by atoms with Crippen molar-refractivity contribution in [2.45, 2.75) is 6.61 Å². The lowest BCUT2D eigenvalue weighted by molar-refractivity contribution is 0.104. The Bertz CT molecular complexity index is 749. The van der Waals surface area contributed by atoms with Gasteiger partial charge in [0.05, 0.1) is 20.8 Å². The number of aromatic hydroxyl groups is 1. The molecule has 0 aliphatic heterocycles. The molecule has 2 aromatic rings. The van der Waals surface area contributed by atoms with E-state index in [1.165, 1.54) is 19.3 Å². The zero-order chi connectivity index (χ0) is 17.5. The highest BCUT2D eigenvalue weighted by atomic mass is 16.5. The lowest BCUT2D eigenvalue weighted by atomic mass is 10.1. The van der Waals surface area contributed by atoms with Crippen LogP contribution in [0.2, 0.25) is 0 Å². The highest BCUT2D eigenvalue weighted by Gasteiger charge is 2.08. The van der Waals surface area contributed by atoms with Crippen LogP contribution in [0.3, 0.4) is 0 Å². The molecular weight excluding hydrogens is 308 g/mol. The number of ether oxygens (including phenoxy) is 3. The summed E-state index contributed by atoms with van der Waals surface area (Å²) in [5.41, 5.74) is 2.05. The van der Waals surface area contributed by atoms with Crippen molar-refractivity contribution in [3.05, 3.63) is 59.2 Å². The molecule has 0 fully saturated rings. The molecule has 2 rings (SSSR count). The molecular formula is C19H20O5. The van der Waals surface area contributed by atoms with E-state index in [-0.39, 0.29) is 11.5 Å². The highest BCUT2D eigenvalue weighted by Crippen LogP contribution is 2.27. The van der Waals surface area contributed by atoms with Crippen molar-refractivity contribution in [2.75, 3.05) is 21.3 Å². The number of hydrogen-bond acceptors (Lipinski definition) is 5. The summed E-state index contributed by atoms with van der Waals surface area (Å²) < 4.78 is 15.4. The van der Waals surface area contributed by atoms with E-state index in [9.17, 15) is 9.90 Å². The van der Waals surface area contributed by atoms with Gasteiger partial charge in [0.15, 0.2) is 17.3 Å². The second kappa shape index (κ2) is 8.17. The van der Waals surface area contributed by atoms with E-state index in [2.05, 4.69) is 0 Å². The Morgan fingerprint density at radius 1 is 1.04 bits per heavy atom. The first-order chi connectivity index (χ1) is 11.6. The predicted octanol–water partition coefficient (Wildman–Crippen LogP) is 3.45. The number of phenolic OH excluding ortho intramolecular Hbond substituents is 1. The molecule has 0 aliphatic carbocycles. The van der Waals surface area contributed by atoms with Crippen LogP contribution in [0.4, 0.5) is 0 Å². The average Bonchev–Trinajstić information content (AvgIpc) is 2.60. The van der Waals surface area contributed by atoms with Crippen molar-refractivity contribution in [3.8, 4) is 17.2 Å². The van der Waals surface area contributed by atoms with Crippen molar-refractivity contribution in [3.63, 3.8) is 0 Å². The van der Waals surface area contributed by atoms with Crippen molar-refractivity contribution < 1.29 is 24.1 Å². The van der Waals surface area contributed by atoms with Crippen molar-refractivity contribution in [2.24, 2.45) is 0 Å². The quantitative estimate of drug-likeness (QED) is 0.623. The van der Waals surface area contributed by atoms with Gasteiger partial charge in [-0.25, -0.2) is 0 Å². The molecule has 0 atom stereocenters. The lowest BCUT2D eigenvalue weighted by Gasteiger charge is -2.08. The molecule has 5 nitrogen and oxygen atoms in total. The van der Waals surface area contributed by atoms with Gasteiger partial charge in [-0.15, -0.1) is 0 Å². The topological polar surface area (TPSA) is 65.0 Å². The third kappa shape index (κ3) is 4.14. The molecule has 0 radical (unpaired) electrons. The van der Waals surface area contributed by atoms with E-state index in [0.29, 0.717) is 29.2 Å². The summed E-state index contributed by atoms with van der Waals surface area (Å²) in [5, 5.41) is 9.76. The molecule has 0 spiro atoms. The molecule has 1 N–H and O–H groups in total. The van der Waals surface area contributed by atoms with Crippen LogP contribution in [0.25, 0.3) is 6.08 Å². The van der Waals surface area contributed by atoms with Gasteiger partial charge in [0.25, 0.3) is 0 Å². The maximum absolute atomic E-state index is 12.3. The zero-order valence-electron chi connectivity index (χ0n) is 13.9. The molecule has 24 heavy (non-hydrogen) atoms. The third-order valence-electron chi connectivity index (χ3n) is 3.49. The summed E-state index contributed by atoms with van der Waals surface area (Å²) in [6.45, 7) is 0.361. The molecule has 0 aromatic heterocycles. The van der Waals surface area contributed by atoms with Gasteiger partial charge in [0.1, 0.15) is 5.75 Å². The second-order valence-corrected chi connectivity index (χ2v) is 5.09. The van der Waals surface area contributed by atoms with Gasteiger partial charge >= 0.3 is 0 Å². The van der Waals surface area contributed by atoms with Gasteiger partial charge in [-0.1, -0.05) is 12.1 Å². The predicted molar refractivity (Wildman–Crippen MR) is 91.7 cm³/mol.